The number of anilines is 1. The quantitative estimate of drug-likeness (QED) is 0.640. The molecule has 0 saturated heterocycles. The summed E-state index contributed by atoms with van der Waals surface area (Å²) in [4.78, 5) is 27.3. The van der Waals surface area contributed by atoms with Gasteiger partial charge < -0.3 is 14.9 Å². The summed E-state index contributed by atoms with van der Waals surface area (Å²) >= 11 is 0. The number of aromatic nitrogens is 1. The molecule has 22 heavy (non-hydrogen) atoms. The number of nitrogens with zero attached hydrogens (tertiary/aromatic N) is 3. The van der Waals surface area contributed by atoms with Crippen molar-refractivity contribution in [2.75, 3.05) is 11.5 Å². The second-order valence-electron chi connectivity index (χ2n) is 4.65. The van der Waals surface area contributed by atoms with Gasteiger partial charge in [0.2, 0.25) is 0 Å². The van der Waals surface area contributed by atoms with E-state index in [1.54, 1.807) is 6.07 Å². The van der Waals surface area contributed by atoms with Gasteiger partial charge in [0.15, 0.2) is 12.4 Å². The summed E-state index contributed by atoms with van der Waals surface area (Å²) in [6, 6.07) is 8.36. The molecule has 0 atom stereocenters. The molecular formula is C14H10FN3O4. The summed E-state index contributed by atoms with van der Waals surface area (Å²) in [5.74, 6) is -0.868. The Morgan fingerprint density at radius 1 is 1.36 bits per heavy atom. The molecule has 112 valence electrons. The van der Waals surface area contributed by atoms with Gasteiger partial charge in [-0.3, -0.25) is 9.69 Å². The third-order valence-corrected chi connectivity index (χ3v) is 3.15. The Labute approximate surface area is 124 Å². The van der Waals surface area contributed by atoms with Crippen LogP contribution in [-0.2, 0) is 11.3 Å². The number of carbonyl (C=O) groups excluding carboxylic acids is 1. The Morgan fingerprint density at radius 3 is 2.91 bits per heavy atom. The van der Waals surface area contributed by atoms with Gasteiger partial charge in [0, 0.05) is 6.07 Å². The van der Waals surface area contributed by atoms with Crippen molar-refractivity contribution in [2.45, 2.75) is 6.54 Å². The zero-order valence-electron chi connectivity index (χ0n) is 11.2. The molecule has 1 aromatic heterocycles. The number of benzene rings is 1. The number of hydrogen-bond acceptors (Lipinski definition) is 5. The number of hydrogen-bond donors (Lipinski definition) is 0. The van der Waals surface area contributed by atoms with E-state index in [9.17, 15) is 19.3 Å². The Bertz CT molecular complexity index is 766. The van der Waals surface area contributed by atoms with Crippen molar-refractivity contribution in [3.63, 3.8) is 0 Å². The molecule has 2 aromatic rings. The fourth-order valence-corrected chi connectivity index (χ4v) is 2.15. The largest absolute Gasteiger partial charge is 0.477 e. The number of fused-ring (bicyclic) bond motifs is 1. The monoisotopic (exact) mass is 303 g/mol. The molecule has 0 saturated carbocycles. The Hall–Kier alpha value is -3.03. The van der Waals surface area contributed by atoms with Crippen LogP contribution in [0.2, 0.25) is 0 Å². The van der Waals surface area contributed by atoms with Crippen LogP contribution in [0.4, 0.5) is 16.0 Å². The van der Waals surface area contributed by atoms with Gasteiger partial charge in [0.25, 0.3) is 11.7 Å². The van der Waals surface area contributed by atoms with Crippen molar-refractivity contribution in [1.82, 2.24) is 4.98 Å². The topological polar surface area (TPSA) is 85.6 Å². The van der Waals surface area contributed by atoms with Crippen molar-refractivity contribution >= 4 is 17.5 Å². The maximum absolute atomic E-state index is 13.3. The van der Waals surface area contributed by atoms with E-state index in [1.807, 2.05) is 0 Å². The number of rotatable bonds is 3. The van der Waals surface area contributed by atoms with Crippen LogP contribution in [0.3, 0.4) is 0 Å². The van der Waals surface area contributed by atoms with Crippen LogP contribution in [0.1, 0.15) is 5.56 Å². The van der Waals surface area contributed by atoms with Gasteiger partial charge in [-0.1, -0.05) is 12.1 Å². The molecule has 0 bridgehead atoms. The van der Waals surface area contributed by atoms with Crippen molar-refractivity contribution in [3.8, 4) is 5.75 Å². The number of nitro groups is 1. The first kappa shape index (κ1) is 13.9. The minimum atomic E-state index is -0.653. The maximum atomic E-state index is 13.3. The maximum Gasteiger partial charge on any atom is 0.366 e. The van der Waals surface area contributed by atoms with Crippen molar-refractivity contribution < 1.29 is 18.8 Å². The van der Waals surface area contributed by atoms with Gasteiger partial charge in [-0.2, -0.15) is 0 Å². The molecule has 1 amide bonds. The summed E-state index contributed by atoms with van der Waals surface area (Å²) in [7, 11) is 0. The van der Waals surface area contributed by atoms with Gasteiger partial charge in [-0.05, 0) is 33.7 Å². The van der Waals surface area contributed by atoms with Crippen LogP contribution in [0, 0.1) is 15.9 Å². The zero-order valence-corrected chi connectivity index (χ0v) is 11.2. The first-order valence-corrected chi connectivity index (χ1v) is 6.37. The lowest BCUT2D eigenvalue weighted by molar-refractivity contribution is -0.389. The average molecular weight is 303 g/mol. The molecule has 7 nitrogen and oxygen atoms in total. The van der Waals surface area contributed by atoms with Crippen LogP contribution >= 0.6 is 0 Å². The van der Waals surface area contributed by atoms with Gasteiger partial charge in [-0.15, -0.1) is 0 Å². The number of carbonyl (C=O) groups is 1. The lowest BCUT2D eigenvalue weighted by Gasteiger charge is -2.25. The molecule has 0 radical (unpaired) electrons. The van der Waals surface area contributed by atoms with E-state index < -0.39 is 16.6 Å². The first-order valence-electron chi connectivity index (χ1n) is 6.37. The molecule has 1 aliphatic heterocycles. The normalized spacial score (nSPS) is 13.5. The molecule has 1 aromatic carbocycles. The summed E-state index contributed by atoms with van der Waals surface area (Å²) in [5, 5.41) is 10.8. The molecular weight excluding hydrogens is 293 g/mol. The van der Waals surface area contributed by atoms with Crippen molar-refractivity contribution in [1.29, 1.82) is 0 Å². The smallest absolute Gasteiger partial charge is 0.366 e. The van der Waals surface area contributed by atoms with E-state index >= 15 is 0 Å². The van der Waals surface area contributed by atoms with E-state index in [1.165, 1.54) is 35.2 Å². The first-order chi connectivity index (χ1) is 10.5. The van der Waals surface area contributed by atoms with Gasteiger partial charge in [0.1, 0.15) is 5.82 Å². The lowest BCUT2D eigenvalue weighted by atomic mass is 10.2. The molecule has 0 spiro atoms. The average Bonchev–Trinajstić information content (AvgIpc) is 2.49. The van der Waals surface area contributed by atoms with Crippen LogP contribution < -0.4 is 9.64 Å². The molecule has 2 heterocycles. The fraction of sp³-hybridized carbons (Fsp3) is 0.143. The van der Waals surface area contributed by atoms with Crippen molar-refractivity contribution in [3.05, 3.63) is 57.9 Å². The Balaban J connectivity index is 1.99. The highest BCUT2D eigenvalue weighted by Gasteiger charge is 2.32. The van der Waals surface area contributed by atoms with Crippen LogP contribution in [0.25, 0.3) is 0 Å². The van der Waals surface area contributed by atoms with Crippen LogP contribution in [-0.4, -0.2) is 22.4 Å². The molecule has 0 fully saturated rings. The zero-order chi connectivity index (χ0) is 15.7. The lowest BCUT2D eigenvalue weighted by Crippen LogP contribution is -2.39. The second kappa shape index (κ2) is 5.40. The van der Waals surface area contributed by atoms with E-state index in [0.717, 1.165) is 0 Å². The standard InChI is InChI=1S/C14H10FN3O4/c15-10-3-1-2-9(6-10)7-17-13(19)8-22-11-4-5-12(18(20)21)16-14(11)17/h1-6H,7-8H2. The Morgan fingerprint density at radius 2 is 2.18 bits per heavy atom. The van der Waals surface area contributed by atoms with Gasteiger partial charge in [0.05, 0.1) is 6.54 Å². The third kappa shape index (κ3) is 2.58. The highest BCUT2D eigenvalue weighted by molar-refractivity contribution is 5.96. The van der Waals surface area contributed by atoms with Gasteiger partial charge >= 0.3 is 5.82 Å². The SMILES string of the molecule is O=C1COc2ccc([N+](=O)[O-])nc2N1Cc1cccc(F)c1. The molecule has 3 rings (SSSR count). The van der Waals surface area contributed by atoms with E-state index in [-0.39, 0.29) is 30.5 Å². The Kier molecular flexibility index (Phi) is 3.42. The van der Waals surface area contributed by atoms with Crippen molar-refractivity contribution in [2.24, 2.45) is 0 Å². The van der Waals surface area contributed by atoms with Crippen LogP contribution in [0.5, 0.6) is 5.75 Å². The summed E-state index contributed by atoms with van der Waals surface area (Å²) in [6.45, 7) is -0.136. The summed E-state index contributed by atoms with van der Waals surface area (Å²) in [5.41, 5.74) is 0.550. The van der Waals surface area contributed by atoms with E-state index in [2.05, 4.69) is 4.98 Å². The van der Waals surface area contributed by atoms with Crippen LogP contribution in [0.15, 0.2) is 36.4 Å². The van der Waals surface area contributed by atoms with Gasteiger partial charge in [-0.25, -0.2) is 4.39 Å². The highest BCUT2D eigenvalue weighted by atomic mass is 19.1. The predicted molar refractivity (Wildman–Crippen MR) is 74.0 cm³/mol. The molecule has 0 N–H and O–H groups in total. The summed E-state index contributed by atoms with van der Waals surface area (Å²) in [6.07, 6.45) is 0. The third-order valence-electron chi connectivity index (χ3n) is 3.15. The molecule has 0 unspecified atom stereocenters. The fourth-order valence-electron chi connectivity index (χ4n) is 2.15. The number of pyridine rings is 1. The second-order valence-corrected chi connectivity index (χ2v) is 4.65. The molecule has 1 aliphatic rings. The number of amides is 1. The highest BCUT2D eigenvalue weighted by Crippen LogP contribution is 2.32. The number of halogens is 1. The molecule has 8 heteroatoms. The minimum Gasteiger partial charge on any atom is -0.477 e. The molecule has 0 aliphatic carbocycles. The summed E-state index contributed by atoms with van der Waals surface area (Å²) < 4.78 is 18.5. The predicted octanol–water partition coefficient (Wildman–Crippen LogP) is 2.05. The minimum absolute atomic E-state index is 0.0567. The number of ether oxygens (including phenoxy) is 1. The van der Waals surface area contributed by atoms with E-state index in [4.69, 9.17) is 4.74 Å². The van der Waals surface area contributed by atoms with E-state index in [0.29, 0.717) is 5.56 Å².